The van der Waals surface area contributed by atoms with Crippen LogP contribution in [0.1, 0.15) is 6.42 Å². The van der Waals surface area contributed by atoms with Crippen LogP contribution < -0.4 is 0 Å². The molecule has 3 atom stereocenters. The fraction of sp³-hybridized carbons (Fsp3) is 1.00. The zero-order chi connectivity index (χ0) is 7.56. The maximum atomic E-state index is 9.13. The van der Waals surface area contributed by atoms with Gasteiger partial charge in [-0.25, -0.2) is 0 Å². The summed E-state index contributed by atoms with van der Waals surface area (Å²) in [5.74, 6) is 0. The molecule has 0 bridgehead atoms. The van der Waals surface area contributed by atoms with E-state index < -0.39 is 12.2 Å². The molecule has 0 aromatic rings. The molecule has 1 heterocycles. The molecule has 0 radical (unpaired) electrons. The Balaban J connectivity index is 2.36. The van der Waals surface area contributed by atoms with E-state index >= 15 is 0 Å². The third-order valence-corrected chi connectivity index (χ3v) is 1.63. The highest BCUT2D eigenvalue weighted by Gasteiger charge is 2.32. The van der Waals surface area contributed by atoms with E-state index in [0.717, 1.165) is 0 Å². The van der Waals surface area contributed by atoms with Crippen LogP contribution in [0.4, 0.5) is 0 Å². The number of ether oxygens (including phenoxy) is 2. The lowest BCUT2D eigenvalue weighted by molar-refractivity contribution is -0.127. The summed E-state index contributed by atoms with van der Waals surface area (Å²) >= 11 is 0. The minimum atomic E-state index is -0.588. The molecule has 4 heteroatoms. The fourth-order valence-electron chi connectivity index (χ4n) is 1.01. The molecular formula is C6H12O4. The van der Waals surface area contributed by atoms with Crippen molar-refractivity contribution < 1.29 is 19.7 Å². The van der Waals surface area contributed by atoms with E-state index in [0.29, 0.717) is 6.42 Å². The van der Waals surface area contributed by atoms with E-state index in [2.05, 4.69) is 0 Å². The van der Waals surface area contributed by atoms with Crippen LogP contribution in [0, 0.1) is 0 Å². The summed E-state index contributed by atoms with van der Waals surface area (Å²) in [5, 5.41) is 17.7. The molecule has 0 aromatic heterocycles. The smallest absolute Gasteiger partial charge is 0.160 e. The van der Waals surface area contributed by atoms with Gasteiger partial charge in [0.25, 0.3) is 0 Å². The molecule has 1 aliphatic heterocycles. The number of aliphatic hydroxyl groups is 2. The molecular weight excluding hydrogens is 136 g/mol. The Morgan fingerprint density at radius 1 is 1.70 bits per heavy atom. The SMILES string of the molecule is CO[C@@H]1C[C@H](O)[C@@H](CO)O1. The molecule has 1 rings (SSSR count). The van der Waals surface area contributed by atoms with E-state index in [1.54, 1.807) is 0 Å². The first-order valence-electron chi connectivity index (χ1n) is 3.25. The highest BCUT2D eigenvalue weighted by Crippen LogP contribution is 2.19. The minimum absolute atomic E-state index is 0.152. The van der Waals surface area contributed by atoms with E-state index in [-0.39, 0.29) is 12.9 Å². The van der Waals surface area contributed by atoms with Crippen LogP contribution in [-0.2, 0) is 9.47 Å². The molecule has 1 fully saturated rings. The molecule has 60 valence electrons. The summed E-state index contributed by atoms with van der Waals surface area (Å²) in [5.41, 5.74) is 0. The van der Waals surface area contributed by atoms with E-state index in [1.807, 2.05) is 0 Å². The molecule has 0 saturated carbocycles. The summed E-state index contributed by atoms with van der Waals surface area (Å²) in [4.78, 5) is 0. The van der Waals surface area contributed by atoms with Crippen LogP contribution in [0.15, 0.2) is 0 Å². The van der Waals surface area contributed by atoms with Crippen molar-refractivity contribution in [2.45, 2.75) is 24.9 Å². The Kier molecular flexibility index (Phi) is 2.62. The first kappa shape index (κ1) is 7.94. The molecule has 4 nitrogen and oxygen atoms in total. The molecule has 1 saturated heterocycles. The van der Waals surface area contributed by atoms with Crippen molar-refractivity contribution in [3.05, 3.63) is 0 Å². The monoisotopic (exact) mass is 148 g/mol. The number of aliphatic hydroxyl groups excluding tert-OH is 2. The molecule has 1 aliphatic rings. The van der Waals surface area contributed by atoms with E-state index in [4.69, 9.17) is 19.7 Å². The molecule has 0 unspecified atom stereocenters. The van der Waals surface area contributed by atoms with Crippen molar-refractivity contribution in [3.8, 4) is 0 Å². The highest BCUT2D eigenvalue weighted by atomic mass is 16.7. The van der Waals surface area contributed by atoms with Gasteiger partial charge in [-0.2, -0.15) is 0 Å². The molecule has 0 aliphatic carbocycles. The van der Waals surface area contributed by atoms with Crippen LogP contribution in [0.5, 0.6) is 0 Å². The molecule has 0 aromatic carbocycles. The minimum Gasteiger partial charge on any atom is -0.394 e. The van der Waals surface area contributed by atoms with Gasteiger partial charge < -0.3 is 19.7 Å². The van der Waals surface area contributed by atoms with Crippen molar-refractivity contribution in [2.24, 2.45) is 0 Å². The number of hydrogen-bond donors (Lipinski definition) is 2. The van der Waals surface area contributed by atoms with Gasteiger partial charge in [-0.3, -0.25) is 0 Å². The Bertz CT molecular complexity index is 106. The standard InChI is InChI=1S/C6H12O4/c1-9-6-2-4(8)5(3-7)10-6/h4-8H,2-3H2,1H3/t4-,5+,6-/m0/s1. The summed E-state index contributed by atoms with van der Waals surface area (Å²) in [6, 6.07) is 0. The second-order valence-corrected chi connectivity index (χ2v) is 2.33. The van der Waals surface area contributed by atoms with Gasteiger partial charge in [-0.05, 0) is 0 Å². The zero-order valence-corrected chi connectivity index (χ0v) is 5.86. The lowest BCUT2D eigenvalue weighted by Crippen LogP contribution is -2.24. The third kappa shape index (κ3) is 1.46. The summed E-state index contributed by atoms with van der Waals surface area (Å²) in [6.07, 6.45) is -0.964. The van der Waals surface area contributed by atoms with Crippen molar-refractivity contribution in [3.63, 3.8) is 0 Å². The molecule has 10 heavy (non-hydrogen) atoms. The average Bonchev–Trinajstić information content (AvgIpc) is 2.30. The zero-order valence-electron chi connectivity index (χ0n) is 5.86. The third-order valence-electron chi connectivity index (χ3n) is 1.63. The Morgan fingerprint density at radius 2 is 2.40 bits per heavy atom. The van der Waals surface area contributed by atoms with Crippen LogP contribution in [0.3, 0.4) is 0 Å². The first-order chi connectivity index (χ1) is 4.77. The molecule has 0 amide bonds. The normalized spacial score (nSPS) is 40.5. The van der Waals surface area contributed by atoms with Gasteiger partial charge in [0.05, 0.1) is 12.7 Å². The van der Waals surface area contributed by atoms with Gasteiger partial charge >= 0.3 is 0 Å². The number of hydrogen-bond acceptors (Lipinski definition) is 4. The Morgan fingerprint density at radius 3 is 2.70 bits per heavy atom. The van der Waals surface area contributed by atoms with Crippen molar-refractivity contribution in [2.75, 3.05) is 13.7 Å². The topological polar surface area (TPSA) is 58.9 Å². The average molecular weight is 148 g/mol. The van der Waals surface area contributed by atoms with Crippen LogP contribution in [0.2, 0.25) is 0 Å². The predicted molar refractivity (Wildman–Crippen MR) is 33.4 cm³/mol. The second kappa shape index (κ2) is 3.30. The van der Waals surface area contributed by atoms with Gasteiger partial charge in [-0.1, -0.05) is 0 Å². The van der Waals surface area contributed by atoms with Gasteiger partial charge in [0.15, 0.2) is 6.29 Å². The fourth-order valence-corrected chi connectivity index (χ4v) is 1.01. The van der Waals surface area contributed by atoms with Crippen molar-refractivity contribution >= 4 is 0 Å². The van der Waals surface area contributed by atoms with Gasteiger partial charge in [0.2, 0.25) is 0 Å². The van der Waals surface area contributed by atoms with E-state index in [9.17, 15) is 0 Å². The van der Waals surface area contributed by atoms with E-state index in [1.165, 1.54) is 7.11 Å². The lowest BCUT2D eigenvalue weighted by atomic mass is 10.2. The van der Waals surface area contributed by atoms with Gasteiger partial charge in [0.1, 0.15) is 6.10 Å². The quantitative estimate of drug-likeness (QED) is 0.533. The maximum absolute atomic E-state index is 9.13. The lowest BCUT2D eigenvalue weighted by Gasteiger charge is -2.09. The number of methoxy groups -OCH3 is 1. The van der Waals surface area contributed by atoms with Gasteiger partial charge in [-0.15, -0.1) is 0 Å². The molecule has 2 N–H and O–H groups in total. The summed E-state index contributed by atoms with van der Waals surface area (Å²) < 4.78 is 9.87. The Hall–Kier alpha value is -0.160. The second-order valence-electron chi connectivity index (χ2n) is 2.33. The summed E-state index contributed by atoms with van der Waals surface area (Å²) in [7, 11) is 1.51. The largest absolute Gasteiger partial charge is 0.394 e. The molecule has 0 spiro atoms. The maximum Gasteiger partial charge on any atom is 0.160 e. The van der Waals surface area contributed by atoms with Crippen LogP contribution in [-0.4, -0.2) is 42.4 Å². The van der Waals surface area contributed by atoms with Crippen LogP contribution >= 0.6 is 0 Å². The van der Waals surface area contributed by atoms with Crippen LogP contribution in [0.25, 0.3) is 0 Å². The number of rotatable bonds is 2. The van der Waals surface area contributed by atoms with Gasteiger partial charge in [0, 0.05) is 13.5 Å². The predicted octanol–water partition coefficient (Wildman–Crippen LogP) is -0.899. The highest BCUT2D eigenvalue weighted by molar-refractivity contribution is 4.76. The van der Waals surface area contributed by atoms with Crippen molar-refractivity contribution in [1.82, 2.24) is 0 Å². The van der Waals surface area contributed by atoms with Crippen molar-refractivity contribution in [1.29, 1.82) is 0 Å². The first-order valence-corrected chi connectivity index (χ1v) is 3.25. The summed E-state index contributed by atoms with van der Waals surface area (Å²) in [6.45, 7) is -0.152. The Labute approximate surface area is 59.4 Å².